The fourth-order valence-electron chi connectivity index (χ4n) is 5.26. The minimum absolute atomic E-state index is 0.780. The van der Waals surface area contributed by atoms with Crippen LogP contribution in [0.5, 0.6) is 0 Å². The van der Waals surface area contributed by atoms with E-state index in [2.05, 4.69) is 110 Å². The second kappa shape index (κ2) is 13.1. The SMILES string of the molecule is O[C@H]([C]1[CH][CH][CH][C]1P(c1ccccc1)c1ccccc1)[C@H](O)[C]1[CH][CH][CH][C]1P(c1ccccc1)c1ccccc1. The average molecular weight is 557 g/mol. The van der Waals surface area contributed by atoms with Gasteiger partial charge in [0.05, 0.1) is 12.2 Å². The van der Waals surface area contributed by atoms with Gasteiger partial charge in [0.25, 0.3) is 0 Å². The number of hydrogen-bond acceptors (Lipinski definition) is 2. The van der Waals surface area contributed by atoms with E-state index >= 15 is 0 Å². The normalized spacial score (nSPS) is 19.0. The molecule has 2 aliphatic carbocycles. The maximum atomic E-state index is 11.8. The van der Waals surface area contributed by atoms with Crippen molar-refractivity contribution in [2.24, 2.45) is 0 Å². The number of benzene rings is 4. The average Bonchev–Trinajstić information content (AvgIpc) is 3.70. The first-order valence-electron chi connectivity index (χ1n) is 13.4. The topological polar surface area (TPSA) is 40.5 Å². The van der Waals surface area contributed by atoms with Gasteiger partial charge in [-0.15, -0.1) is 0 Å². The van der Waals surface area contributed by atoms with E-state index in [1.807, 2.05) is 49.9 Å². The van der Waals surface area contributed by atoms with Crippen molar-refractivity contribution in [1.29, 1.82) is 0 Å². The van der Waals surface area contributed by atoms with Crippen LogP contribution in [0.4, 0.5) is 0 Å². The Hall–Kier alpha value is -2.34. The van der Waals surface area contributed by atoms with Gasteiger partial charge in [-0.3, -0.25) is 0 Å². The minimum atomic E-state index is -1.06. The quantitative estimate of drug-likeness (QED) is 0.270. The van der Waals surface area contributed by atoms with E-state index in [1.54, 1.807) is 0 Å². The molecule has 4 heteroatoms. The standard InChI is InChI=1S/C36H30O2P2/c37-35(31-23-13-25-33(31)39(27-15-5-1-6-16-27)28-17-7-2-8-18-28)36(38)32-24-14-26-34(32)40(29-19-9-3-10-20-29)30-21-11-4-12-22-30/h1-26,35-38H/t35-,36-/m1/s1. The lowest BCUT2D eigenvalue weighted by molar-refractivity contribution is 0.0465. The molecule has 2 N–H and O–H groups in total. The number of aliphatic hydroxyl groups excluding tert-OH is 2. The molecule has 0 saturated heterocycles. The maximum absolute atomic E-state index is 11.8. The van der Waals surface area contributed by atoms with E-state index in [-0.39, 0.29) is 0 Å². The van der Waals surface area contributed by atoms with Crippen molar-refractivity contribution < 1.29 is 10.2 Å². The Labute approximate surface area is 242 Å². The molecule has 2 saturated carbocycles. The van der Waals surface area contributed by atoms with Crippen LogP contribution in [0.1, 0.15) is 0 Å². The highest BCUT2D eigenvalue weighted by molar-refractivity contribution is 7.76. The fraction of sp³-hybridized carbons (Fsp3) is 0.0556. The highest BCUT2D eigenvalue weighted by Crippen LogP contribution is 2.60. The summed E-state index contributed by atoms with van der Waals surface area (Å²) in [6.45, 7) is 0. The van der Waals surface area contributed by atoms with Gasteiger partial charge in [0.1, 0.15) is 0 Å². The second-order valence-electron chi connectivity index (χ2n) is 9.64. The first-order chi connectivity index (χ1) is 19.7. The lowest BCUT2D eigenvalue weighted by Gasteiger charge is -2.37. The van der Waals surface area contributed by atoms with E-state index in [1.165, 1.54) is 21.2 Å². The summed E-state index contributed by atoms with van der Waals surface area (Å²) in [5.74, 6) is 1.56. The summed E-state index contributed by atoms with van der Waals surface area (Å²) in [5, 5.41) is 28.4. The van der Waals surface area contributed by atoms with Crippen molar-refractivity contribution >= 4 is 37.1 Å². The Morgan fingerprint density at radius 2 is 0.650 bits per heavy atom. The van der Waals surface area contributed by atoms with E-state index < -0.39 is 28.1 Å². The highest BCUT2D eigenvalue weighted by Gasteiger charge is 2.48. The molecule has 0 bridgehead atoms. The summed E-state index contributed by atoms with van der Waals surface area (Å²) in [5.41, 5.74) is 2.14. The second-order valence-corrected chi connectivity index (χ2v) is 14.0. The van der Waals surface area contributed by atoms with Gasteiger partial charge < -0.3 is 10.2 Å². The van der Waals surface area contributed by atoms with Gasteiger partial charge in [0.15, 0.2) is 0 Å². The van der Waals surface area contributed by atoms with Gasteiger partial charge in [-0.1, -0.05) is 121 Å². The van der Waals surface area contributed by atoms with Gasteiger partial charge in [0.2, 0.25) is 0 Å². The van der Waals surface area contributed by atoms with Crippen LogP contribution >= 0.6 is 15.8 Å². The van der Waals surface area contributed by atoms with Crippen LogP contribution in [0.3, 0.4) is 0 Å². The van der Waals surface area contributed by atoms with Crippen LogP contribution in [-0.4, -0.2) is 22.4 Å². The van der Waals surface area contributed by atoms with E-state index in [9.17, 15) is 10.2 Å². The maximum Gasteiger partial charge on any atom is 0.0880 e. The Morgan fingerprint density at radius 3 is 0.925 bits per heavy atom. The lowest BCUT2D eigenvalue weighted by Crippen LogP contribution is -2.40. The molecule has 196 valence electrons. The Bertz CT molecular complexity index is 1130. The first kappa shape index (κ1) is 27.8. The number of aliphatic hydroxyl groups is 2. The monoisotopic (exact) mass is 556 g/mol. The van der Waals surface area contributed by atoms with E-state index in [4.69, 9.17) is 0 Å². The van der Waals surface area contributed by atoms with Crippen LogP contribution in [-0.2, 0) is 0 Å². The summed E-state index contributed by atoms with van der Waals surface area (Å²) in [4.78, 5) is 0. The number of rotatable bonds is 9. The van der Waals surface area contributed by atoms with Crippen LogP contribution in [0, 0.1) is 61.7 Å². The van der Waals surface area contributed by atoms with Crippen molar-refractivity contribution in [3.05, 3.63) is 183 Å². The van der Waals surface area contributed by atoms with Gasteiger partial charge in [-0.05, 0) is 75.6 Å². The molecule has 0 amide bonds. The molecule has 10 radical (unpaired) electrons. The molecule has 6 rings (SSSR count). The minimum Gasteiger partial charge on any atom is -0.390 e. The van der Waals surface area contributed by atoms with Gasteiger partial charge >= 0.3 is 0 Å². The molecule has 0 aliphatic heterocycles. The summed E-state index contributed by atoms with van der Waals surface area (Å²) >= 11 is 0. The van der Waals surface area contributed by atoms with Crippen molar-refractivity contribution in [2.75, 3.05) is 0 Å². The third kappa shape index (κ3) is 5.84. The summed E-state index contributed by atoms with van der Waals surface area (Å²) in [7, 11) is -1.81. The predicted molar refractivity (Wildman–Crippen MR) is 169 cm³/mol. The van der Waals surface area contributed by atoms with Crippen molar-refractivity contribution in [3.63, 3.8) is 0 Å². The largest absolute Gasteiger partial charge is 0.390 e. The molecule has 2 nitrogen and oxygen atoms in total. The van der Waals surface area contributed by atoms with Crippen LogP contribution in [0.15, 0.2) is 121 Å². The van der Waals surface area contributed by atoms with Crippen LogP contribution < -0.4 is 21.2 Å². The molecule has 0 heterocycles. The molecule has 0 aromatic heterocycles. The molecule has 0 unspecified atom stereocenters. The van der Waals surface area contributed by atoms with Gasteiger partial charge in [0, 0.05) is 23.2 Å². The third-order valence-electron chi connectivity index (χ3n) is 7.13. The van der Waals surface area contributed by atoms with Gasteiger partial charge in [-0.2, -0.15) is 0 Å². The predicted octanol–water partition coefficient (Wildman–Crippen LogP) is 5.44. The van der Waals surface area contributed by atoms with Crippen molar-refractivity contribution in [1.82, 2.24) is 0 Å². The zero-order chi connectivity index (χ0) is 27.3. The van der Waals surface area contributed by atoms with Crippen molar-refractivity contribution in [2.45, 2.75) is 12.2 Å². The summed E-state index contributed by atoms with van der Waals surface area (Å²) in [6.07, 6.45) is 9.99. The number of hydrogen-bond donors (Lipinski definition) is 2. The Morgan fingerprint density at radius 1 is 0.375 bits per heavy atom. The molecule has 4 aromatic rings. The Balaban J connectivity index is 1.29. The van der Waals surface area contributed by atoms with Gasteiger partial charge in [-0.25, -0.2) is 0 Å². The summed E-state index contributed by atoms with van der Waals surface area (Å²) < 4.78 is 0. The molecule has 2 atom stereocenters. The molecule has 40 heavy (non-hydrogen) atoms. The smallest absolute Gasteiger partial charge is 0.0880 e. The Kier molecular flexibility index (Phi) is 9.11. The molecule has 0 spiro atoms. The zero-order valence-corrected chi connectivity index (χ0v) is 23.7. The molecule has 4 aromatic carbocycles. The van der Waals surface area contributed by atoms with E-state index in [0.717, 1.165) is 23.2 Å². The van der Waals surface area contributed by atoms with Crippen LogP contribution in [0.2, 0.25) is 0 Å². The van der Waals surface area contributed by atoms with E-state index in [0.29, 0.717) is 0 Å². The highest BCUT2D eigenvalue weighted by atomic mass is 31.1. The molecule has 2 aliphatic rings. The molecular formula is C36H30O2P2. The zero-order valence-electron chi connectivity index (χ0n) is 22.0. The third-order valence-corrected chi connectivity index (χ3v) is 12.2. The van der Waals surface area contributed by atoms with Crippen molar-refractivity contribution in [3.8, 4) is 0 Å². The molecular weight excluding hydrogens is 526 g/mol. The summed E-state index contributed by atoms with van der Waals surface area (Å²) in [6, 6.07) is 41.8. The lowest BCUT2D eigenvalue weighted by atomic mass is 9.87. The fourth-order valence-corrected chi connectivity index (χ4v) is 10.2. The first-order valence-corrected chi connectivity index (χ1v) is 16.1. The molecule has 2 fully saturated rings. The van der Waals surface area contributed by atoms with Crippen LogP contribution in [0.25, 0.3) is 0 Å².